The van der Waals surface area contributed by atoms with E-state index in [2.05, 4.69) is 44.5 Å². The van der Waals surface area contributed by atoms with E-state index in [1.165, 1.54) is 11.8 Å². The van der Waals surface area contributed by atoms with Gasteiger partial charge in [-0.2, -0.15) is 0 Å². The second-order valence-corrected chi connectivity index (χ2v) is 5.62. The van der Waals surface area contributed by atoms with Crippen molar-refractivity contribution in [3.8, 4) is 11.3 Å². The zero-order valence-electron chi connectivity index (χ0n) is 12.1. The number of fused-ring (bicyclic) bond motifs is 1. The van der Waals surface area contributed by atoms with Gasteiger partial charge in [0.2, 0.25) is 0 Å². The van der Waals surface area contributed by atoms with Crippen LogP contribution in [0.5, 0.6) is 0 Å². The fourth-order valence-corrected chi connectivity index (χ4v) is 3.13. The summed E-state index contributed by atoms with van der Waals surface area (Å²) in [4.78, 5) is 12.6. The summed E-state index contributed by atoms with van der Waals surface area (Å²) in [6.45, 7) is 3.05. The average molecular weight is 278 g/mol. The van der Waals surface area contributed by atoms with Crippen molar-refractivity contribution >= 4 is 10.9 Å². The van der Waals surface area contributed by atoms with Crippen LogP contribution in [0.15, 0.2) is 36.5 Å². The van der Waals surface area contributed by atoms with Gasteiger partial charge in [0.05, 0.1) is 11.4 Å². The molecule has 106 valence electrons. The molecule has 0 aliphatic carbocycles. The van der Waals surface area contributed by atoms with Crippen LogP contribution in [0.2, 0.25) is 0 Å². The van der Waals surface area contributed by atoms with Crippen molar-refractivity contribution in [2.45, 2.75) is 25.8 Å². The third-order valence-electron chi connectivity index (χ3n) is 4.14. The summed E-state index contributed by atoms with van der Waals surface area (Å²) in [5.41, 5.74) is 4.41. The number of aromatic amines is 1. The van der Waals surface area contributed by atoms with E-state index < -0.39 is 0 Å². The van der Waals surface area contributed by atoms with Gasteiger partial charge in [-0.1, -0.05) is 18.2 Å². The molecule has 0 radical (unpaired) electrons. The molecule has 1 aliphatic heterocycles. The molecule has 0 amide bonds. The summed E-state index contributed by atoms with van der Waals surface area (Å²) in [5, 5.41) is 4.72. The molecule has 21 heavy (non-hydrogen) atoms. The minimum absolute atomic E-state index is 0.371. The number of rotatable bonds is 2. The number of H-pyrrole nitrogens is 1. The lowest BCUT2D eigenvalue weighted by Gasteiger charge is -2.11. The molecule has 0 spiro atoms. The maximum Gasteiger partial charge on any atom is 0.126 e. The number of para-hydroxylation sites is 1. The van der Waals surface area contributed by atoms with Gasteiger partial charge in [-0.3, -0.25) is 0 Å². The van der Waals surface area contributed by atoms with Crippen LogP contribution in [0.3, 0.4) is 0 Å². The molecule has 1 saturated heterocycles. The van der Waals surface area contributed by atoms with Gasteiger partial charge in [0.15, 0.2) is 0 Å². The zero-order valence-corrected chi connectivity index (χ0v) is 12.1. The van der Waals surface area contributed by atoms with E-state index in [9.17, 15) is 0 Å². The second-order valence-electron chi connectivity index (χ2n) is 5.62. The van der Waals surface area contributed by atoms with E-state index in [1.54, 1.807) is 0 Å². The Balaban J connectivity index is 1.84. The monoisotopic (exact) mass is 278 g/mol. The molecule has 4 nitrogen and oxygen atoms in total. The largest absolute Gasteiger partial charge is 0.360 e. The summed E-state index contributed by atoms with van der Waals surface area (Å²) in [6, 6.07) is 10.8. The Labute approximate surface area is 123 Å². The lowest BCUT2D eigenvalue weighted by Crippen LogP contribution is -2.15. The molecule has 2 N–H and O–H groups in total. The number of hydrogen-bond acceptors (Lipinski definition) is 3. The molecule has 1 unspecified atom stereocenters. The molecule has 3 heterocycles. The first-order valence-electron chi connectivity index (χ1n) is 7.47. The molecule has 1 atom stereocenters. The van der Waals surface area contributed by atoms with Crippen molar-refractivity contribution in [2.75, 3.05) is 6.54 Å². The number of nitrogens with zero attached hydrogens (tertiary/aromatic N) is 2. The standard InChI is InChI=1S/C17H18N4/c1-11-20-16(9-17(21-11)15-7-4-8-18-15)13-10-19-14-6-3-2-5-12(13)14/h2-3,5-6,9-10,15,18-19H,4,7-8H2,1H3. The Morgan fingerprint density at radius 3 is 2.95 bits per heavy atom. The van der Waals surface area contributed by atoms with E-state index in [4.69, 9.17) is 0 Å². The normalized spacial score (nSPS) is 18.4. The first-order valence-corrected chi connectivity index (χ1v) is 7.47. The highest BCUT2D eigenvalue weighted by atomic mass is 15.0. The predicted molar refractivity (Wildman–Crippen MR) is 84.0 cm³/mol. The zero-order chi connectivity index (χ0) is 14.2. The maximum absolute atomic E-state index is 4.64. The first kappa shape index (κ1) is 12.5. The lowest BCUT2D eigenvalue weighted by atomic mass is 10.1. The van der Waals surface area contributed by atoms with Crippen molar-refractivity contribution in [3.63, 3.8) is 0 Å². The summed E-state index contributed by atoms with van der Waals surface area (Å²) < 4.78 is 0. The van der Waals surface area contributed by atoms with Crippen LogP contribution in [0.1, 0.15) is 30.4 Å². The van der Waals surface area contributed by atoms with Crippen LogP contribution >= 0.6 is 0 Å². The molecule has 4 rings (SSSR count). The van der Waals surface area contributed by atoms with Crippen molar-refractivity contribution in [2.24, 2.45) is 0 Å². The number of hydrogen-bond donors (Lipinski definition) is 2. The van der Waals surface area contributed by atoms with E-state index in [0.717, 1.165) is 41.3 Å². The molecule has 4 heteroatoms. The summed E-state index contributed by atoms with van der Waals surface area (Å²) >= 11 is 0. The highest BCUT2D eigenvalue weighted by Crippen LogP contribution is 2.30. The highest BCUT2D eigenvalue weighted by Gasteiger charge is 2.19. The molecule has 1 fully saturated rings. The van der Waals surface area contributed by atoms with E-state index >= 15 is 0 Å². The Morgan fingerprint density at radius 2 is 2.10 bits per heavy atom. The quantitative estimate of drug-likeness (QED) is 0.755. The smallest absolute Gasteiger partial charge is 0.126 e. The molecular weight excluding hydrogens is 260 g/mol. The Morgan fingerprint density at radius 1 is 1.19 bits per heavy atom. The summed E-state index contributed by atoms with van der Waals surface area (Å²) in [7, 11) is 0. The van der Waals surface area contributed by atoms with Crippen LogP contribution in [-0.2, 0) is 0 Å². The predicted octanol–water partition coefficient (Wildman–Crippen LogP) is 3.36. The number of benzene rings is 1. The van der Waals surface area contributed by atoms with Gasteiger partial charge in [-0.05, 0) is 38.4 Å². The van der Waals surface area contributed by atoms with Crippen LogP contribution in [0.4, 0.5) is 0 Å². The van der Waals surface area contributed by atoms with Gasteiger partial charge in [0.25, 0.3) is 0 Å². The number of aromatic nitrogens is 3. The van der Waals surface area contributed by atoms with Gasteiger partial charge in [0, 0.05) is 28.7 Å². The third-order valence-corrected chi connectivity index (χ3v) is 4.14. The maximum atomic E-state index is 4.64. The van der Waals surface area contributed by atoms with Gasteiger partial charge in [-0.15, -0.1) is 0 Å². The van der Waals surface area contributed by atoms with Crippen LogP contribution in [0, 0.1) is 6.92 Å². The SMILES string of the molecule is Cc1nc(-c2c[nH]c3ccccc23)cc(C2CCCN2)n1. The Kier molecular flexibility index (Phi) is 2.97. The number of nitrogens with one attached hydrogen (secondary N) is 2. The van der Waals surface area contributed by atoms with Crippen LogP contribution in [-0.4, -0.2) is 21.5 Å². The molecule has 1 aromatic carbocycles. The minimum Gasteiger partial charge on any atom is -0.360 e. The molecule has 1 aliphatic rings. The third kappa shape index (κ3) is 2.21. The second kappa shape index (κ2) is 4.97. The molecule has 2 aromatic heterocycles. The van der Waals surface area contributed by atoms with E-state index in [1.807, 2.05) is 19.2 Å². The van der Waals surface area contributed by atoms with Crippen molar-refractivity contribution in [1.82, 2.24) is 20.3 Å². The number of aryl methyl sites for hydroxylation is 1. The van der Waals surface area contributed by atoms with Crippen LogP contribution in [0.25, 0.3) is 22.2 Å². The van der Waals surface area contributed by atoms with Gasteiger partial charge in [0.1, 0.15) is 5.82 Å². The average Bonchev–Trinajstić information content (AvgIpc) is 3.16. The summed E-state index contributed by atoms with van der Waals surface area (Å²) in [5.74, 6) is 0.835. The van der Waals surface area contributed by atoms with E-state index in [0.29, 0.717) is 6.04 Å². The fraction of sp³-hybridized carbons (Fsp3) is 0.294. The van der Waals surface area contributed by atoms with Gasteiger partial charge >= 0.3 is 0 Å². The Bertz CT molecular complexity index is 784. The van der Waals surface area contributed by atoms with Gasteiger partial charge in [-0.25, -0.2) is 9.97 Å². The van der Waals surface area contributed by atoms with Crippen molar-refractivity contribution in [3.05, 3.63) is 48.0 Å². The summed E-state index contributed by atoms with van der Waals surface area (Å²) in [6.07, 6.45) is 4.41. The molecular formula is C17H18N4. The Hall–Kier alpha value is -2.20. The molecule has 0 bridgehead atoms. The molecule has 3 aromatic rings. The topological polar surface area (TPSA) is 53.6 Å². The van der Waals surface area contributed by atoms with Crippen LogP contribution < -0.4 is 5.32 Å². The van der Waals surface area contributed by atoms with E-state index in [-0.39, 0.29) is 0 Å². The molecule has 0 saturated carbocycles. The fourth-order valence-electron chi connectivity index (χ4n) is 3.13. The minimum atomic E-state index is 0.371. The van der Waals surface area contributed by atoms with Gasteiger partial charge < -0.3 is 10.3 Å². The highest BCUT2D eigenvalue weighted by molar-refractivity contribution is 5.94. The van der Waals surface area contributed by atoms with Crippen molar-refractivity contribution in [1.29, 1.82) is 0 Å². The van der Waals surface area contributed by atoms with Crippen molar-refractivity contribution < 1.29 is 0 Å². The first-order chi connectivity index (χ1) is 10.3. The lowest BCUT2D eigenvalue weighted by molar-refractivity contribution is 0.623.